The summed E-state index contributed by atoms with van der Waals surface area (Å²) in [6.07, 6.45) is -0.657. The van der Waals surface area contributed by atoms with Gasteiger partial charge in [0.2, 0.25) is 0 Å². The lowest BCUT2D eigenvalue weighted by molar-refractivity contribution is 0.0955. The number of aromatic nitrogens is 1. The Morgan fingerprint density at radius 3 is 2.15 bits per heavy atom. The number of hydrogen-bond acceptors (Lipinski definition) is 5. The summed E-state index contributed by atoms with van der Waals surface area (Å²) in [5.41, 5.74) is 2.59. The Bertz CT molecular complexity index is 882. The Kier molecular flexibility index (Phi) is 6.13. The van der Waals surface area contributed by atoms with Crippen LogP contribution in [0.1, 0.15) is 17.4 Å². The van der Waals surface area contributed by atoms with Crippen molar-refractivity contribution in [2.24, 2.45) is 0 Å². The SMILES string of the molecule is OCCc1cc(C(O)CO)cc(-c2ccc(Oc3ccc(F)cc3)cc2)n1. The van der Waals surface area contributed by atoms with Crippen molar-refractivity contribution >= 4 is 0 Å². The first-order chi connectivity index (χ1) is 13.1. The van der Waals surface area contributed by atoms with E-state index in [1.165, 1.54) is 12.1 Å². The number of pyridine rings is 1. The van der Waals surface area contributed by atoms with Crippen molar-refractivity contribution < 1.29 is 24.4 Å². The van der Waals surface area contributed by atoms with Crippen LogP contribution in [0.15, 0.2) is 60.7 Å². The minimum atomic E-state index is -1.01. The smallest absolute Gasteiger partial charge is 0.127 e. The molecule has 1 unspecified atom stereocenters. The molecule has 140 valence electrons. The Hall–Kier alpha value is -2.80. The molecule has 0 bridgehead atoms. The molecule has 3 N–H and O–H groups in total. The molecular formula is C21H20FNO4. The van der Waals surface area contributed by atoms with Gasteiger partial charge in [-0.1, -0.05) is 0 Å². The molecular weight excluding hydrogens is 349 g/mol. The number of benzene rings is 2. The largest absolute Gasteiger partial charge is 0.457 e. The van der Waals surface area contributed by atoms with Crippen LogP contribution in [0.4, 0.5) is 4.39 Å². The van der Waals surface area contributed by atoms with E-state index < -0.39 is 12.7 Å². The fraction of sp³-hybridized carbons (Fsp3) is 0.190. The molecule has 1 atom stereocenters. The Balaban J connectivity index is 1.85. The molecule has 6 heteroatoms. The normalized spacial score (nSPS) is 12.0. The molecule has 0 saturated carbocycles. The summed E-state index contributed by atoms with van der Waals surface area (Å²) in [4.78, 5) is 4.50. The third-order valence-corrected chi connectivity index (χ3v) is 4.03. The van der Waals surface area contributed by atoms with Crippen molar-refractivity contribution in [1.29, 1.82) is 0 Å². The highest BCUT2D eigenvalue weighted by Gasteiger charge is 2.11. The summed E-state index contributed by atoms with van der Waals surface area (Å²) in [5, 5.41) is 28.3. The predicted molar refractivity (Wildman–Crippen MR) is 99.0 cm³/mol. The summed E-state index contributed by atoms with van der Waals surface area (Å²) >= 11 is 0. The molecule has 0 radical (unpaired) electrons. The lowest BCUT2D eigenvalue weighted by Gasteiger charge is -2.12. The lowest BCUT2D eigenvalue weighted by Crippen LogP contribution is -2.06. The van der Waals surface area contributed by atoms with Gasteiger partial charge in [0.05, 0.1) is 12.3 Å². The Morgan fingerprint density at radius 2 is 1.56 bits per heavy atom. The minimum absolute atomic E-state index is 0.0600. The molecule has 0 aliphatic rings. The fourth-order valence-electron chi connectivity index (χ4n) is 2.63. The zero-order chi connectivity index (χ0) is 19.2. The fourth-order valence-corrected chi connectivity index (χ4v) is 2.63. The van der Waals surface area contributed by atoms with Crippen LogP contribution < -0.4 is 4.74 Å². The molecule has 0 amide bonds. The molecule has 1 heterocycles. The highest BCUT2D eigenvalue weighted by Crippen LogP contribution is 2.27. The van der Waals surface area contributed by atoms with Gasteiger partial charge in [-0.05, 0) is 66.2 Å². The molecule has 27 heavy (non-hydrogen) atoms. The maximum Gasteiger partial charge on any atom is 0.127 e. The number of hydrogen-bond donors (Lipinski definition) is 3. The second-order valence-electron chi connectivity index (χ2n) is 6.03. The van der Waals surface area contributed by atoms with Gasteiger partial charge in [0.25, 0.3) is 0 Å². The van der Waals surface area contributed by atoms with Crippen LogP contribution in [0.25, 0.3) is 11.3 Å². The summed E-state index contributed by atoms with van der Waals surface area (Å²) in [7, 11) is 0. The molecule has 5 nitrogen and oxygen atoms in total. The van der Waals surface area contributed by atoms with Crippen LogP contribution in [-0.4, -0.2) is 33.5 Å². The quantitative estimate of drug-likeness (QED) is 0.596. The van der Waals surface area contributed by atoms with E-state index in [1.807, 2.05) is 12.1 Å². The van der Waals surface area contributed by atoms with E-state index >= 15 is 0 Å². The number of rotatable bonds is 7. The lowest BCUT2D eigenvalue weighted by atomic mass is 10.0. The third kappa shape index (κ3) is 4.89. The van der Waals surface area contributed by atoms with E-state index in [-0.39, 0.29) is 12.4 Å². The van der Waals surface area contributed by atoms with Crippen LogP contribution in [0.5, 0.6) is 11.5 Å². The first-order valence-electron chi connectivity index (χ1n) is 8.53. The Labute approximate surface area is 156 Å². The standard InChI is InChI=1S/C21H20FNO4/c22-16-3-7-19(8-4-16)27-18-5-1-14(2-6-18)20-12-15(21(26)13-25)11-17(23-20)9-10-24/h1-8,11-12,21,24-26H,9-10,13H2. The number of aliphatic hydroxyl groups excluding tert-OH is 3. The minimum Gasteiger partial charge on any atom is -0.457 e. The van der Waals surface area contributed by atoms with Crippen molar-refractivity contribution in [3.8, 4) is 22.8 Å². The highest BCUT2D eigenvalue weighted by molar-refractivity contribution is 5.61. The topological polar surface area (TPSA) is 82.8 Å². The van der Waals surface area contributed by atoms with Gasteiger partial charge < -0.3 is 20.1 Å². The van der Waals surface area contributed by atoms with E-state index in [9.17, 15) is 14.6 Å². The molecule has 0 spiro atoms. The maximum absolute atomic E-state index is 13.0. The maximum atomic E-state index is 13.0. The van der Waals surface area contributed by atoms with Gasteiger partial charge in [-0.15, -0.1) is 0 Å². The molecule has 1 aromatic heterocycles. The van der Waals surface area contributed by atoms with Gasteiger partial charge in [-0.2, -0.15) is 0 Å². The number of ether oxygens (including phenoxy) is 1. The van der Waals surface area contributed by atoms with Crippen LogP contribution in [0.3, 0.4) is 0 Å². The predicted octanol–water partition coefficient (Wildman–Crippen LogP) is 3.24. The molecule has 0 aliphatic heterocycles. The Morgan fingerprint density at radius 1 is 0.926 bits per heavy atom. The molecule has 0 saturated heterocycles. The first-order valence-corrected chi connectivity index (χ1v) is 8.53. The van der Waals surface area contributed by atoms with Crippen molar-refractivity contribution in [2.45, 2.75) is 12.5 Å². The van der Waals surface area contributed by atoms with Crippen LogP contribution in [0.2, 0.25) is 0 Å². The zero-order valence-corrected chi connectivity index (χ0v) is 14.5. The van der Waals surface area contributed by atoms with Gasteiger partial charge >= 0.3 is 0 Å². The van der Waals surface area contributed by atoms with Gasteiger partial charge in [0, 0.05) is 24.3 Å². The highest BCUT2D eigenvalue weighted by atomic mass is 19.1. The van der Waals surface area contributed by atoms with E-state index in [1.54, 1.807) is 36.4 Å². The first kappa shape index (κ1) is 19.0. The van der Waals surface area contributed by atoms with E-state index in [0.29, 0.717) is 34.9 Å². The van der Waals surface area contributed by atoms with Crippen molar-refractivity contribution in [1.82, 2.24) is 4.98 Å². The average molecular weight is 369 g/mol. The summed E-state index contributed by atoms with van der Waals surface area (Å²) in [6.45, 7) is -0.456. The van der Waals surface area contributed by atoms with Crippen molar-refractivity contribution in [3.05, 3.63) is 77.7 Å². The van der Waals surface area contributed by atoms with E-state index in [2.05, 4.69) is 4.98 Å². The van der Waals surface area contributed by atoms with Crippen LogP contribution in [0, 0.1) is 5.82 Å². The molecule has 0 aliphatic carbocycles. The number of aliphatic hydroxyl groups is 3. The zero-order valence-electron chi connectivity index (χ0n) is 14.5. The summed E-state index contributed by atoms with van der Waals surface area (Å²) < 4.78 is 18.6. The van der Waals surface area contributed by atoms with E-state index in [0.717, 1.165) is 5.56 Å². The third-order valence-electron chi connectivity index (χ3n) is 4.03. The van der Waals surface area contributed by atoms with Crippen LogP contribution in [-0.2, 0) is 6.42 Å². The monoisotopic (exact) mass is 369 g/mol. The molecule has 3 aromatic rings. The van der Waals surface area contributed by atoms with Gasteiger partial charge in [0.1, 0.15) is 23.4 Å². The molecule has 2 aromatic carbocycles. The summed E-state index contributed by atoms with van der Waals surface area (Å²) in [6, 6.07) is 16.3. The van der Waals surface area contributed by atoms with Crippen molar-refractivity contribution in [3.63, 3.8) is 0 Å². The summed E-state index contributed by atoms with van der Waals surface area (Å²) in [5.74, 6) is 0.792. The second-order valence-corrected chi connectivity index (χ2v) is 6.03. The molecule has 0 fully saturated rings. The van der Waals surface area contributed by atoms with Gasteiger partial charge in [-0.3, -0.25) is 4.98 Å². The van der Waals surface area contributed by atoms with E-state index in [4.69, 9.17) is 9.84 Å². The van der Waals surface area contributed by atoms with Gasteiger partial charge in [-0.25, -0.2) is 4.39 Å². The molecule has 3 rings (SSSR count). The average Bonchev–Trinajstić information content (AvgIpc) is 2.69. The number of halogens is 1. The second kappa shape index (κ2) is 8.73. The van der Waals surface area contributed by atoms with Gasteiger partial charge in [0.15, 0.2) is 0 Å². The van der Waals surface area contributed by atoms with Crippen LogP contribution >= 0.6 is 0 Å². The number of nitrogens with zero attached hydrogens (tertiary/aromatic N) is 1. The van der Waals surface area contributed by atoms with Crippen molar-refractivity contribution in [2.75, 3.05) is 13.2 Å².